The average molecular weight is 544 g/mol. The number of nitrogens with one attached hydrogen (secondary N) is 3. The van der Waals surface area contributed by atoms with Gasteiger partial charge in [-0.25, -0.2) is 0 Å². The maximum atomic E-state index is 12.4. The number of hydrogen-bond donors (Lipinski definition) is 4. The highest BCUT2D eigenvalue weighted by Gasteiger charge is 2.20. The summed E-state index contributed by atoms with van der Waals surface area (Å²) in [5, 5.41) is 24.3. The number of aliphatic carboxylic acids is 1. The van der Waals surface area contributed by atoms with E-state index in [1.165, 1.54) is 51.7 Å². The maximum Gasteiger partial charge on any atom is 0.325 e. The fourth-order valence-electron chi connectivity index (χ4n) is 5.14. The van der Waals surface area contributed by atoms with E-state index in [-0.39, 0.29) is 18.2 Å². The minimum absolute atomic E-state index is 0.0332. The van der Waals surface area contributed by atoms with Gasteiger partial charge in [-0.2, -0.15) is 0 Å². The van der Waals surface area contributed by atoms with Crippen LogP contribution in [0.15, 0.2) is 54.6 Å². The Morgan fingerprint density at radius 3 is 2.08 bits per heavy atom. The molecule has 4 N–H and O–H groups in total. The lowest BCUT2D eigenvalue weighted by molar-refractivity contribution is -0.141. The van der Waals surface area contributed by atoms with E-state index >= 15 is 0 Å². The largest absolute Gasteiger partial charge is 0.480 e. The lowest BCUT2D eigenvalue weighted by Crippen LogP contribution is -2.49. The van der Waals surface area contributed by atoms with Crippen molar-refractivity contribution in [2.24, 2.45) is 0 Å². The molecule has 0 bridgehead atoms. The minimum Gasteiger partial charge on any atom is -0.480 e. The number of benzene rings is 4. The van der Waals surface area contributed by atoms with Crippen LogP contribution < -0.4 is 16.0 Å². The standard InChI is InChI=1S/C32H37N3O5/c1-20(31(38)35-21(2)32(39)40)34-28(37)11-4-3-5-19-33-27(36)12-7-8-22-13-14-25-16-15-23-9-6-10-24-17-18-26(22)30(25)29(23)24/h6,9-10,13-18,20-21H,3-5,7-8,11-12,19H2,1-2H3,(H,33,36)(H,34,37)(H,35,38)(H,39,40)/t20-,21-/m1/s1. The number of hydrogen-bond acceptors (Lipinski definition) is 4. The molecule has 0 heterocycles. The molecule has 0 aliphatic carbocycles. The summed E-state index contributed by atoms with van der Waals surface area (Å²) in [5.41, 5.74) is 1.26. The van der Waals surface area contributed by atoms with Gasteiger partial charge < -0.3 is 21.1 Å². The molecule has 0 saturated heterocycles. The number of carbonyl (C=O) groups is 4. The van der Waals surface area contributed by atoms with E-state index in [4.69, 9.17) is 5.11 Å². The zero-order chi connectivity index (χ0) is 28.6. The van der Waals surface area contributed by atoms with Crippen molar-refractivity contribution < 1.29 is 24.3 Å². The zero-order valence-electron chi connectivity index (χ0n) is 23.1. The second-order valence-corrected chi connectivity index (χ2v) is 10.5. The Labute approximate surface area is 233 Å². The van der Waals surface area contributed by atoms with Gasteiger partial charge in [0.15, 0.2) is 0 Å². The molecule has 0 radical (unpaired) electrons. The summed E-state index contributed by atoms with van der Waals surface area (Å²) < 4.78 is 0. The molecule has 2 atom stereocenters. The van der Waals surface area contributed by atoms with Crippen molar-refractivity contribution in [3.05, 3.63) is 60.2 Å². The highest BCUT2D eigenvalue weighted by molar-refractivity contribution is 6.23. The molecule has 0 unspecified atom stereocenters. The smallest absolute Gasteiger partial charge is 0.325 e. The third kappa shape index (κ3) is 7.05. The molecule has 0 aliphatic rings. The first kappa shape index (κ1) is 28.8. The van der Waals surface area contributed by atoms with Gasteiger partial charge in [0, 0.05) is 19.4 Å². The van der Waals surface area contributed by atoms with Gasteiger partial charge in [-0.1, -0.05) is 61.0 Å². The van der Waals surface area contributed by atoms with Crippen molar-refractivity contribution in [1.82, 2.24) is 16.0 Å². The van der Waals surface area contributed by atoms with Gasteiger partial charge in [-0.15, -0.1) is 0 Å². The highest BCUT2D eigenvalue weighted by Crippen LogP contribution is 2.36. The van der Waals surface area contributed by atoms with Gasteiger partial charge in [0.1, 0.15) is 12.1 Å². The Bertz CT molecular complexity index is 1500. The molecule has 3 amide bonds. The normalized spacial score (nSPS) is 12.8. The van der Waals surface area contributed by atoms with Crippen LogP contribution in [0.1, 0.15) is 57.9 Å². The lowest BCUT2D eigenvalue weighted by atomic mass is 9.90. The summed E-state index contributed by atoms with van der Waals surface area (Å²) in [4.78, 5) is 47.2. The summed E-state index contributed by atoms with van der Waals surface area (Å²) in [6, 6.07) is 17.7. The molecular formula is C32H37N3O5. The van der Waals surface area contributed by atoms with E-state index in [9.17, 15) is 19.2 Å². The first-order chi connectivity index (χ1) is 19.2. The van der Waals surface area contributed by atoms with E-state index in [1.54, 1.807) is 0 Å². The average Bonchev–Trinajstić information content (AvgIpc) is 2.94. The predicted octanol–water partition coefficient (Wildman–Crippen LogP) is 4.68. The molecule has 0 fully saturated rings. The zero-order valence-corrected chi connectivity index (χ0v) is 23.1. The molecule has 0 aliphatic heterocycles. The van der Waals surface area contributed by atoms with Crippen LogP contribution in [0.4, 0.5) is 0 Å². The maximum absolute atomic E-state index is 12.4. The van der Waals surface area contributed by atoms with Gasteiger partial charge in [-0.3, -0.25) is 19.2 Å². The molecule has 4 aromatic rings. The molecule has 8 heteroatoms. The van der Waals surface area contributed by atoms with Crippen LogP contribution in [0.2, 0.25) is 0 Å². The first-order valence-electron chi connectivity index (χ1n) is 14.0. The van der Waals surface area contributed by atoms with Gasteiger partial charge in [0.05, 0.1) is 0 Å². The van der Waals surface area contributed by atoms with Crippen LogP contribution in [0.5, 0.6) is 0 Å². The van der Waals surface area contributed by atoms with Crippen LogP contribution in [0.3, 0.4) is 0 Å². The number of carboxylic acids is 1. The highest BCUT2D eigenvalue weighted by atomic mass is 16.4. The van der Waals surface area contributed by atoms with Crippen LogP contribution >= 0.6 is 0 Å². The van der Waals surface area contributed by atoms with Gasteiger partial charge in [0.25, 0.3) is 0 Å². The van der Waals surface area contributed by atoms with Gasteiger partial charge in [-0.05, 0) is 77.4 Å². The van der Waals surface area contributed by atoms with Crippen molar-refractivity contribution >= 4 is 56.0 Å². The van der Waals surface area contributed by atoms with E-state index in [0.29, 0.717) is 19.4 Å². The van der Waals surface area contributed by atoms with E-state index < -0.39 is 24.0 Å². The van der Waals surface area contributed by atoms with Crippen LogP contribution in [-0.2, 0) is 25.6 Å². The molecule has 0 aromatic heterocycles. The molecule has 8 nitrogen and oxygen atoms in total. The van der Waals surface area contributed by atoms with Crippen molar-refractivity contribution in [3.63, 3.8) is 0 Å². The van der Waals surface area contributed by atoms with Crippen molar-refractivity contribution in [1.29, 1.82) is 0 Å². The predicted molar refractivity (Wildman–Crippen MR) is 157 cm³/mol. The van der Waals surface area contributed by atoms with Crippen molar-refractivity contribution in [2.45, 2.75) is 70.9 Å². The fraction of sp³-hybridized carbons (Fsp3) is 0.375. The summed E-state index contributed by atoms with van der Waals surface area (Å²) in [5.74, 6) is -1.90. The van der Waals surface area contributed by atoms with E-state index in [2.05, 4.69) is 70.5 Å². The van der Waals surface area contributed by atoms with Crippen molar-refractivity contribution in [3.8, 4) is 0 Å². The molecule has 4 rings (SSSR count). The second-order valence-electron chi connectivity index (χ2n) is 10.5. The third-order valence-corrected chi connectivity index (χ3v) is 7.37. The summed E-state index contributed by atoms with van der Waals surface area (Å²) in [6.07, 6.45) is 4.50. The number of carbonyl (C=O) groups excluding carboxylic acids is 3. The first-order valence-corrected chi connectivity index (χ1v) is 14.0. The SMILES string of the molecule is C[C@@H](NC(=O)[C@@H](C)NC(=O)CCCCCNC(=O)CCCc1ccc2ccc3cccc4ccc1c2c34)C(=O)O. The third-order valence-electron chi connectivity index (χ3n) is 7.37. The van der Waals surface area contributed by atoms with E-state index in [1.807, 2.05) is 0 Å². The summed E-state index contributed by atoms with van der Waals surface area (Å²) in [7, 11) is 0. The van der Waals surface area contributed by atoms with Crippen LogP contribution in [0, 0.1) is 0 Å². The topological polar surface area (TPSA) is 125 Å². The van der Waals surface area contributed by atoms with Crippen LogP contribution in [-0.4, -0.2) is 47.4 Å². The Kier molecular flexibility index (Phi) is 9.53. The summed E-state index contributed by atoms with van der Waals surface area (Å²) >= 11 is 0. The van der Waals surface area contributed by atoms with Gasteiger partial charge in [0.2, 0.25) is 17.7 Å². The molecule has 0 saturated carbocycles. The minimum atomic E-state index is -1.14. The number of aryl methyl sites for hydroxylation is 1. The van der Waals surface area contributed by atoms with Crippen LogP contribution in [0.25, 0.3) is 32.3 Å². The van der Waals surface area contributed by atoms with Gasteiger partial charge >= 0.3 is 5.97 Å². The number of carboxylic acid groups (broad SMARTS) is 1. The second kappa shape index (κ2) is 13.2. The molecular weight excluding hydrogens is 506 g/mol. The molecule has 4 aromatic carbocycles. The number of unbranched alkanes of at least 4 members (excludes halogenated alkanes) is 2. The Morgan fingerprint density at radius 1 is 0.700 bits per heavy atom. The molecule has 40 heavy (non-hydrogen) atoms. The fourth-order valence-corrected chi connectivity index (χ4v) is 5.14. The lowest BCUT2D eigenvalue weighted by Gasteiger charge is -2.16. The quantitative estimate of drug-likeness (QED) is 0.136. The Morgan fingerprint density at radius 2 is 1.35 bits per heavy atom. The molecule has 0 spiro atoms. The monoisotopic (exact) mass is 543 g/mol. The number of rotatable bonds is 14. The number of amides is 3. The molecule has 210 valence electrons. The Balaban J connectivity index is 1.13. The van der Waals surface area contributed by atoms with E-state index in [0.717, 1.165) is 25.7 Å². The van der Waals surface area contributed by atoms with Crippen molar-refractivity contribution in [2.75, 3.05) is 6.54 Å². The summed E-state index contributed by atoms with van der Waals surface area (Å²) in [6.45, 7) is 3.44. The Hall–Kier alpha value is -4.20.